The maximum atomic E-state index is 15.0. The lowest BCUT2D eigenvalue weighted by Crippen LogP contribution is -2.30. The van der Waals surface area contributed by atoms with Crippen molar-refractivity contribution in [2.45, 2.75) is 32.9 Å². The van der Waals surface area contributed by atoms with Crippen molar-refractivity contribution in [3.05, 3.63) is 113 Å². The van der Waals surface area contributed by atoms with Crippen LogP contribution in [0.15, 0.2) is 79.0 Å². The number of halogens is 1. The molecular formula is C27H25FN4S. The highest BCUT2D eigenvalue weighted by Crippen LogP contribution is 2.44. The Balaban J connectivity index is 1.71. The number of aryl methyl sites for hydroxylation is 2. The van der Waals surface area contributed by atoms with E-state index in [9.17, 15) is 4.39 Å². The van der Waals surface area contributed by atoms with Gasteiger partial charge in [0.1, 0.15) is 5.82 Å². The number of para-hydroxylation sites is 2. The van der Waals surface area contributed by atoms with Gasteiger partial charge in [0, 0.05) is 23.3 Å². The maximum Gasteiger partial charge on any atom is 0.174 e. The molecule has 0 spiro atoms. The average Bonchev–Trinajstić information content (AvgIpc) is 3.30. The molecule has 0 bridgehead atoms. The minimum Gasteiger partial charge on any atom is -0.351 e. The van der Waals surface area contributed by atoms with Crippen LogP contribution in [0.4, 0.5) is 10.1 Å². The highest BCUT2D eigenvalue weighted by molar-refractivity contribution is 7.80. The summed E-state index contributed by atoms with van der Waals surface area (Å²) in [4.78, 5) is 6.50. The Bertz CT molecular complexity index is 1330. The van der Waals surface area contributed by atoms with Gasteiger partial charge in [-0.2, -0.15) is 0 Å². The van der Waals surface area contributed by atoms with Gasteiger partial charge in [-0.1, -0.05) is 36.4 Å². The molecule has 2 atom stereocenters. The van der Waals surface area contributed by atoms with E-state index in [0.29, 0.717) is 10.8 Å². The smallest absolute Gasteiger partial charge is 0.174 e. The number of hydrogen-bond donors (Lipinski definition) is 1. The molecule has 0 unspecified atom stereocenters. The number of aromatic nitrogens is 2. The average molecular weight is 457 g/mol. The monoisotopic (exact) mass is 456 g/mol. The summed E-state index contributed by atoms with van der Waals surface area (Å²) < 4.78 is 17.3. The molecule has 2 aromatic carbocycles. The summed E-state index contributed by atoms with van der Waals surface area (Å²) in [7, 11) is 0. The lowest BCUT2D eigenvalue weighted by atomic mass is 9.96. The minimum atomic E-state index is -0.305. The van der Waals surface area contributed by atoms with Gasteiger partial charge in [-0.25, -0.2) is 4.39 Å². The zero-order valence-corrected chi connectivity index (χ0v) is 19.6. The van der Waals surface area contributed by atoms with Gasteiger partial charge < -0.3 is 14.8 Å². The Morgan fingerprint density at radius 1 is 0.909 bits per heavy atom. The maximum absolute atomic E-state index is 15.0. The molecule has 0 aliphatic carbocycles. The van der Waals surface area contributed by atoms with Crippen LogP contribution in [0.5, 0.6) is 0 Å². The van der Waals surface area contributed by atoms with E-state index in [4.69, 9.17) is 12.2 Å². The molecule has 2 aromatic heterocycles. The van der Waals surface area contributed by atoms with Crippen molar-refractivity contribution in [2.24, 2.45) is 0 Å². The Morgan fingerprint density at radius 3 is 2.30 bits per heavy atom. The van der Waals surface area contributed by atoms with Crippen molar-refractivity contribution in [1.82, 2.24) is 14.9 Å². The number of nitrogens with one attached hydrogen (secondary N) is 1. The molecule has 4 aromatic rings. The Morgan fingerprint density at radius 2 is 1.61 bits per heavy atom. The van der Waals surface area contributed by atoms with Crippen molar-refractivity contribution < 1.29 is 4.39 Å². The summed E-state index contributed by atoms with van der Waals surface area (Å²) in [6.07, 6.45) is 1.78. The van der Waals surface area contributed by atoms with Gasteiger partial charge in [-0.15, -0.1) is 0 Å². The normalized spacial score (nSPS) is 17.9. The summed E-state index contributed by atoms with van der Waals surface area (Å²) in [5.74, 6) is -0.305. The Kier molecular flexibility index (Phi) is 5.46. The van der Waals surface area contributed by atoms with Gasteiger partial charge in [-0.3, -0.25) is 4.98 Å². The number of pyridine rings is 1. The summed E-state index contributed by atoms with van der Waals surface area (Å²) in [5, 5.41) is 3.91. The Labute approximate surface area is 198 Å². The highest BCUT2D eigenvalue weighted by Gasteiger charge is 2.43. The molecule has 1 saturated heterocycles. The molecule has 3 heterocycles. The minimum absolute atomic E-state index is 0.218. The van der Waals surface area contributed by atoms with Crippen LogP contribution in [0.25, 0.3) is 5.69 Å². The quantitative estimate of drug-likeness (QED) is 0.376. The van der Waals surface area contributed by atoms with Crippen molar-refractivity contribution >= 4 is 23.0 Å². The van der Waals surface area contributed by atoms with Crippen LogP contribution in [0, 0.1) is 26.6 Å². The van der Waals surface area contributed by atoms with E-state index in [2.05, 4.69) is 59.9 Å². The first-order valence-corrected chi connectivity index (χ1v) is 11.4. The molecule has 166 valence electrons. The van der Waals surface area contributed by atoms with Crippen molar-refractivity contribution in [3.63, 3.8) is 0 Å². The molecule has 1 aliphatic heterocycles. The number of benzene rings is 2. The largest absolute Gasteiger partial charge is 0.351 e. The summed E-state index contributed by atoms with van der Waals surface area (Å²) in [6, 6.07) is 22.7. The first-order valence-electron chi connectivity index (χ1n) is 11.0. The van der Waals surface area contributed by atoms with Crippen LogP contribution < -0.4 is 10.2 Å². The van der Waals surface area contributed by atoms with Crippen molar-refractivity contribution in [2.75, 3.05) is 4.90 Å². The van der Waals surface area contributed by atoms with Gasteiger partial charge in [-0.05, 0) is 80.5 Å². The van der Waals surface area contributed by atoms with E-state index >= 15 is 0 Å². The number of thiocarbonyl (C=S) groups is 1. The molecule has 6 heteroatoms. The fourth-order valence-electron chi connectivity index (χ4n) is 4.85. The van der Waals surface area contributed by atoms with Crippen molar-refractivity contribution in [1.29, 1.82) is 0 Å². The van der Waals surface area contributed by atoms with E-state index in [1.807, 2.05) is 35.2 Å². The van der Waals surface area contributed by atoms with Gasteiger partial charge >= 0.3 is 0 Å². The number of hydrogen-bond acceptors (Lipinski definition) is 2. The molecule has 0 saturated carbocycles. The molecule has 5 rings (SSSR count). The van der Waals surface area contributed by atoms with E-state index in [1.54, 1.807) is 18.3 Å². The predicted octanol–water partition coefficient (Wildman–Crippen LogP) is 6.11. The Hall–Kier alpha value is -3.51. The molecule has 1 fully saturated rings. The van der Waals surface area contributed by atoms with Crippen LogP contribution in [-0.4, -0.2) is 14.7 Å². The number of anilines is 1. The molecule has 33 heavy (non-hydrogen) atoms. The lowest BCUT2D eigenvalue weighted by Gasteiger charge is -2.28. The van der Waals surface area contributed by atoms with Crippen LogP contribution in [0.2, 0.25) is 0 Å². The molecule has 1 aliphatic rings. The summed E-state index contributed by atoms with van der Waals surface area (Å²) in [6.45, 7) is 6.33. The number of nitrogens with zero attached hydrogens (tertiary/aromatic N) is 3. The van der Waals surface area contributed by atoms with Gasteiger partial charge in [0.05, 0.1) is 23.5 Å². The molecular weight excluding hydrogens is 431 g/mol. The zero-order valence-electron chi connectivity index (χ0n) is 18.8. The number of rotatable bonds is 4. The van der Waals surface area contributed by atoms with Crippen LogP contribution >= 0.6 is 12.2 Å². The van der Waals surface area contributed by atoms with E-state index in [0.717, 1.165) is 28.3 Å². The SMILES string of the molecule is Cc1ccccc1-n1c(C)cc([C@H]2[C@H](c3ccccn3)NC(=S)N2c2ccccc2F)c1C. The summed E-state index contributed by atoms with van der Waals surface area (Å²) in [5.41, 5.74) is 6.95. The second kappa shape index (κ2) is 8.45. The standard InChI is InChI=1S/C27H25FN4S/c1-17-10-4-6-13-23(17)31-18(2)16-20(19(31)3)26-25(22-12-8-9-15-29-22)30-27(33)32(26)24-14-7-5-11-21(24)28/h4-16,25-26H,1-3H3,(H,30,33)/t25-,26-/m0/s1. The zero-order chi connectivity index (χ0) is 23.1. The third kappa shape index (κ3) is 3.60. The van der Waals surface area contributed by atoms with Crippen LogP contribution in [0.3, 0.4) is 0 Å². The van der Waals surface area contributed by atoms with Crippen LogP contribution in [0.1, 0.15) is 40.3 Å². The predicted molar refractivity (Wildman–Crippen MR) is 134 cm³/mol. The second-order valence-corrected chi connectivity index (χ2v) is 8.78. The fraction of sp³-hybridized carbons (Fsp3) is 0.185. The molecule has 1 N–H and O–H groups in total. The van der Waals surface area contributed by atoms with E-state index < -0.39 is 0 Å². The first-order chi connectivity index (χ1) is 16.0. The lowest BCUT2D eigenvalue weighted by molar-refractivity contribution is 0.556. The fourth-order valence-corrected chi connectivity index (χ4v) is 5.19. The first kappa shape index (κ1) is 21.3. The van der Waals surface area contributed by atoms with E-state index in [1.165, 1.54) is 11.6 Å². The topological polar surface area (TPSA) is 33.1 Å². The molecule has 0 radical (unpaired) electrons. The molecule has 0 amide bonds. The van der Waals surface area contributed by atoms with Crippen molar-refractivity contribution in [3.8, 4) is 5.69 Å². The van der Waals surface area contributed by atoms with Gasteiger partial charge in [0.25, 0.3) is 0 Å². The van der Waals surface area contributed by atoms with E-state index in [-0.39, 0.29) is 17.9 Å². The third-order valence-corrected chi connectivity index (χ3v) is 6.67. The third-order valence-electron chi connectivity index (χ3n) is 6.36. The van der Waals surface area contributed by atoms with Crippen LogP contribution in [-0.2, 0) is 0 Å². The van der Waals surface area contributed by atoms with Gasteiger partial charge in [0.2, 0.25) is 0 Å². The molecule has 4 nitrogen and oxygen atoms in total. The highest BCUT2D eigenvalue weighted by atomic mass is 32.1. The summed E-state index contributed by atoms with van der Waals surface area (Å²) >= 11 is 5.75. The van der Waals surface area contributed by atoms with Gasteiger partial charge in [0.15, 0.2) is 5.11 Å². The second-order valence-electron chi connectivity index (χ2n) is 8.40.